The van der Waals surface area contributed by atoms with Crippen LogP contribution in [0.5, 0.6) is 0 Å². The number of carbonyl (C=O) groups is 1. The highest BCUT2D eigenvalue weighted by Gasteiger charge is 2.47. The molecule has 3 rings (SSSR count). The lowest BCUT2D eigenvalue weighted by molar-refractivity contribution is -0.174. The number of aromatic nitrogens is 2. The molecule has 2 aliphatic heterocycles. The Hall–Kier alpha value is -1.82. The van der Waals surface area contributed by atoms with E-state index in [1.807, 2.05) is 13.8 Å². The van der Waals surface area contributed by atoms with Crippen molar-refractivity contribution in [1.82, 2.24) is 19.4 Å². The maximum Gasteiger partial charge on any atom is 0.410 e. The van der Waals surface area contributed by atoms with Crippen LogP contribution in [-0.2, 0) is 14.8 Å². The Balaban J connectivity index is 1.74. The fourth-order valence-corrected chi connectivity index (χ4v) is 4.18. The summed E-state index contributed by atoms with van der Waals surface area (Å²) in [6, 6.07) is -0.346. The van der Waals surface area contributed by atoms with Gasteiger partial charge in [-0.15, -0.1) is 0 Å². The molecule has 164 valence electrons. The van der Waals surface area contributed by atoms with Crippen molar-refractivity contribution in [3.8, 4) is 0 Å². The highest BCUT2D eigenvalue weighted by atomic mass is 32.2. The minimum absolute atomic E-state index is 0.0360. The summed E-state index contributed by atoms with van der Waals surface area (Å²) in [6.07, 6.45) is -2.95. The van der Waals surface area contributed by atoms with Gasteiger partial charge in [0, 0.05) is 31.1 Å². The maximum absolute atomic E-state index is 13.6. The second-order valence-electron chi connectivity index (χ2n) is 8.11. The number of fused-ring (bicyclic) bond motifs is 1. The zero-order valence-corrected chi connectivity index (χ0v) is 17.3. The van der Waals surface area contributed by atoms with Gasteiger partial charge in [-0.05, 0) is 18.8 Å². The number of hydrogen-bond donors (Lipinski definition) is 2. The molecule has 2 aliphatic rings. The van der Waals surface area contributed by atoms with Gasteiger partial charge < -0.3 is 10.2 Å². The summed E-state index contributed by atoms with van der Waals surface area (Å²) < 4.78 is 66.2. The Bertz CT molecular complexity index is 868. The fraction of sp³-hybridized carbons (Fsp3) is 0.765. The highest BCUT2D eigenvalue weighted by molar-refractivity contribution is 7.88. The van der Waals surface area contributed by atoms with Crippen molar-refractivity contribution < 1.29 is 26.4 Å². The Morgan fingerprint density at radius 2 is 2.10 bits per heavy atom. The molecule has 1 fully saturated rings. The molecule has 1 aromatic rings. The third-order valence-electron chi connectivity index (χ3n) is 5.49. The molecule has 0 spiro atoms. The molecule has 1 unspecified atom stereocenters. The summed E-state index contributed by atoms with van der Waals surface area (Å²) >= 11 is 0. The molecule has 0 radical (unpaired) electrons. The summed E-state index contributed by atoms with van der Waals surface area (Å²) in [6.45, 7) is 4.12. The second-order valence-corrected chi connectivity index (χ2v) is 9.94. The smallest absolute Gasteiger partial charge is 0.367 e. The zero-order valence-electron chi connectivity index (χ0n) is 16.5. The van der Waals surface area contributed by atoms with Crippen molar-refractivity contribution in [2.45, 2.75) is 50.9 Å². The Morgan fingerprint density at radius 3 is 2.69 bits per heavy atom. The summed E-state index contributed by atoms with van der Waals surface area (Å²) in [5.41, 5.74) is 0.512. The van der Waals surface area contributed by atoms with Crippen LogP contribution < -0.4 is 10.0 Å². The summed E-state index contributed by atoms with van der Waals surface area (Å²) in [5.74, 6) is -0.179. The molecule has 0 aromatic carbocycles. The van der Waals surface area contributed by atoms with Gasteiger partial charge in [0.2, 0.25) is 15.9 Å². The number of rotatable bonds is 5. The first-order valence-electron chi connectivity index (χ1n) is 9.50. The van der Waals surface area contributed by atoms with Crippen LogP contribution in [-0.4, -0.2) is 67.1 Å². The van der Waals surface area contributed by atoms with Gasteiger partial charge in [-0.2, -0.15) is 18.3 Å². The normalized spacial score (nSPS) is 25.2. The zero-order chi connectivity index (χ0) is 21.6. The predicted octanol–water partition coefficient (Wildman–Crippen LogP) is 1.69. The number of alkyl halides is 3. The van der Waals surface area contributed by atoms with Gasteiger partial charge in [0.1, 0.15) is 5.82 Å². The number of carbonyl (C=O) groups excluding carboxylic acids is 1. The molecule has 2 N–H and O–H groups in total. The molecule has 8 nitrogen and oxygen atoms in total. The van der Waals surface area contributed by atoms with Gasteiger partial charge in [-0.1, -0.05) is 13.8 Å². The first-order valence-corrected chi connectivity index (χ1v) is 11.4. The number of likely N-dealkylation sites (tertiary alicyclic amines) is 1. The van der Waals surface area contributed by atoms with Crippen LogP contribution in [0.1, 0.15) is 44.3 Å². The van der Waals surface area contributed by atoms with Crippen molar-refractivity contribution in [3.63, 3.8) is 0 Å². The van der Waals surface area contributed by atoms with E-state index in [0.717, 1.165) is 10.9 Å². The second kappa shape index (κ2) is 7.78. The first kappa shape index (κ1) is 21.9. The van der Waals surface area contributed by atoms with Crippen LogP contribution in [0.2, 0.25) is 0 Å². The van der Waals surface area contributed by atoms with Gasteiger partial charge >= 0.3 is 6.18 Å². The number of nitrogens with one attached hydrogen (secondary N) is 2. The Kier molecular flexibility index (Phi) is 5.87. The number of anilines is 1. The highest BCUT2D eigenvalue weighted by Crippen LogP contribution is 2.42. The van der Waals surface area contributed by atoms with Gasteiger partial charge in [-0.3, -0.25) is 4.79 Å². The number of hydrogen-bond acceptors (Lipinski definition) is 5. The van der Waals surface area contributed by atoms with Crippen LogP contribution in [0.3, 0.4) is 0 Å². The summed E-state index contributed by atoms with van der Waals surface area (Å²) in [4.78, 5) is 13.7. The van der Waals surface area contributed by atoms with Crippen molar-refractivity contribution in [2.24, 2.45) is 5.92 Å². The van der Waals surface area contributed by atoms with Crippen molar-refractivity contribution in [2.75, 3.05) is 31.2 Å². The van der Waals surface area contributed by atoms with Crippen LogP contribution >= 0.6 is 0 Å². The van der Waals surface area contributed by atoms with Crippen LogP contribution in [0, 0.1) is 5.92 Å². The van der Waals surface area contributed by atoms with E-state index in [-0.39, 0.29) is 36.8 Å². The Labute approximate surface area is 167 Å². The molecule has 0 aliphatic carbocycles. The lowest BCUT2D eigenvalue weighted by Gasteiger charge is -2.35. The van der Waals surface area contributed by atoms with E-state index in [0.29, 0.717) is 31.0 Å². The van der Waals surface area contributed by atoms with Crippen molar-refractivity contribution in [3.05, 3.63) is 11.8 Å². The third-order valence-corrected chi connectivity index (χ3v) is 6.16. The molecule has 12 heteroatoms. The molecule has 1 aromatic heterocycles. The number of nitrogens with zero attached hydrogens (tertiary/aromatic N) is 3. The first-order chi connectivity index (χ1) is 13.3. The van der Waals surface area contributed by atoms with Gasteiger partial charge in [0.05, 0.1) is 18.5 Å². The molecular formula is C17H26F3N5O3S. The maximum atomic E-state index is 13.6. The quantitative estimate of drug-likeness (QED) is 0.731. The van der Waals surface area contributed by atoms with E-state index >= 15 is 0 Å². The largest absolute Gasteiger partial charge is 0.410 e. The van der Waals surface area contributed by atoms with E-state index in [4.69, 9.17) is 0 Å². The van der Waals surface area contributed by atoms with Crippen molar-refractivity contribution in [1.29, 1.82) is 0 Å². The lowest BCUT2D eigenvalue weighted by Crippen LogP contribution is -2.41. The molecule has 3 atom stereocenters. The molecule has 1 saturated heterocycles. The summed E-state index contributed by atoms with van der Waals surface area (Å²) in [5, 5.41) is 7.39. The number of sulfonamides is 1. The van der Waals surface area contributed by atoms with Crippen molar-refractivity contribution >= 4 is 21.7 Å². The van der Waals surface area contributed by atoms with Crippen LogP contribution in [0.4, 0.5) is 19.0 Å². The van der Waals surface area contributed by atoms with Crippen LogP contribution in [0.25, 0.3) is 0 Å². The third kappa shape index (κ3) is 5.03. The standard InChI is InChI=1S/C17H26F3N5O3S/c1-10(2)12-6-14(17(18,19)20)25-15(22-12)7-13(23-25)11-4-5-24(9-11)16(26)8-21-29(3,27)28/h7,10-12,14,21-22H,4-6,8-9H2,1-3H3/t11?,12-,14+/m0/s1. The Morgan fingerprint density at radius 1 is 1.41 bits per heavy atom. The van der Waals surface area contributed by atoms with Crippen LogP contribution in [0.15, 0.2) is 6.07 Å². The van der Waals surface area contributed by atoms with E-state index < -0.39 is 22.2 Å². The summed E-state index contributed by atoms with van der Waals surface area (Å²) in [7, 11) is -3.48. The fourth-order valence-electron chi connectivity index (χ4n) is 3.79. The topological polar surface area (TPSA) is 96.3 Å². The molecule has 0 saturated carbocycles. The molecule has 1 amide bonds. The van der Waals surface area contributed by atoms with E-state index in [1.54, 1.807) is 6.07 Å². The minimum atomic E-state index is -4.40. The van der Waals surface area contributed by atoms with Gasteiger partial charge in [-0.25, -0.2) is 17.8 Å². The van der Waals surface area contributed by atoms with E-state index in [2.05, 4.69) is 15.1 Å². The average Bonchev–Trinajstić information content (AvgIpc) is 3.23. The minimum Gasteiger partial charge on any atom is -0.367 e. The van der Waals surface area contributed by atoms with Gasteiger partial charge in [0.15, 0.2) is 6.04 Å². The SMILES string of the molecule is CC(C)[C@@H]1C[C@H](C(F)(F)F)n2nc(C3CCN(C(=O)CNS(C)(=O)=O)C3)cc2N1. The lowest BCUT2D eigenvalue weighted by atomic mass is 9.94. The van der Waals surface area contributed by atoms with Gasteiger partial charge in [0.25, 0.3) is 0 Å². The molecule has 3 heterocycles. The number of halogens is 3. The van der Waals surface area contributed by atoms with E-state index in [9.17, 15) is 26.4 Å². The molecule has 29 heavy (non-hydrogen) atoms. The molecular weight excluding hydrogens is 411 g/mol. The molecule has 0 bridgehead atoms. The monoisotopic (exact) mass is 437 g/mol. The predicted molar refractivity (Wildman–Crippen MR) is 101 cm³/mol. The average molecular weight is 437 g/mol. The van der Waals surface area contributed by atoms with E-state index in [1.165, 1.54) is 4.90 Å². The number of amides is 1.